The molecule has 1 aromatic carbocycles. The second-order valence-electron chi connectivity index (χ2n) is 10.4. The summed E-state index contributed by atoms with van der Waals surface area (Å²) in [6.45, 7) is 6.63. The number of benzene rings is 1. The fourth-order valence-electron chi connectivity index (χ4n) is 6.32. The Balaban J connectivity index is 1.17. The first kappa shape index (κ1) is 23.1. The Labute approximate surface area is 205 Å². The maximum absolute atomic E-state index is 13.3. The van der Waals surface area contributed by atoms with Crippen LogP contribution < -0.4 is 10.6 Å². The van der Waals surface area contributed by atoms with Crippen molar-refractivity contribution in [2.45, 2.75) is 25.8 Å². The molecule has 6 nitrogen and oxygen atoms in total. The van der Waals surface area contributed by atoms with Gasteiger partial charge in [0, 0.05) is 43.7 Å². The summed E-state index contributed by atoms with van der Waals surface area (Å²) in [5.41, 5.74) is 1.23. The summed E-state index contributed by atoms with van der Waals surface area (Å²) in [6.07, 6.45) is 7.68. The average molecular weight is 515 g/mol. The van der Waals surface area contributed by atoms with Crippen molar-refractivity contribution in [1.29, 1.82) is 0 Å². The number of amides is 2. The van der Waals surface area contributed by atoms with Crippen LogP contribution in [-0.4, -0.2) is 67.9 Å². The lowest BCUT2D eigenvalue weighted by Crippen LogP contribution is -2.46. The van der Waals surface area contributed by atoms with Crippen molar-refractivity contribution in [3.63, 3.8) is 0 Å². The van der Waals surface area contributed by atoms with Crippen LogP contribution in [0, 0.1) is 29.1 Å². The minimum Gasteiger partial charge on any atom is -0.356 e. The largest absolute Gasteiger partial charge is 0.356 e. The van der Waals surface area contributed by atoms with Crippen molar-refractivity contribution in [3.05, 3.63) is 46.5 Å². The summed E-state index contributed by atoms with van der Waals surface area (Å²) in [6, 6.07) is 7.99. The Morgan fingerprint density at radius 2 is 1.58 bits per heavy atom. The summed E-state index contributed by atoms with van der Waals surface area (Å²) in [7, 11) is 2.17. The number of hydrogen-bond acceptors (Lipinski definition) is 4. The first-order chi connectivity index (χ1) is 16.0. The molecule has 1 spiro atoms. The zero-order valence-corrected chi connectivity index (χ0v) is 21.0. The predicted molar refractivity (Wildman–Crippen MR) is 132 cm³/mol. The summed E-state index contributed by atoms with van der Waals surface area (Å²) >= 11 is 3.45. The highest BCUT2D eigenvalue weighted by Gasteiger charge is 2.69. The van der Waals surface area contributed by atoms with Gasteiger partial charge in [0.2, 0.25) is 11.8 Å². The standard InChI is InChI=1S/C26H35BrN4O2/c1-30-13-15-31(16-14-30)12-2-11-28-24(32)22-20-7-8-21(26(20)9-10-26)23(22)25(33)29-17-18-3-5-19(27)6-4-18/h3-8,20-23H,2,9-17H2,1H3,(H,28,32)(H,29,33)/t20-,21+,22-,23-/m1/s1. The number of piperazine rings is 1. The number of likely N-dealkylation sites (N-methyl/N-ethyl adjacent to an activating group) is 1. The zero-order valence-electron chi connectivity index (χ0n) is 19.4. The summed E-state index contributed by atoms with van der Waals surface area (Å²) in [5.74, 6) is 0.0163. The monoisotopic (exact) mass is 514 g/mol. The lowest BCUT2D eigenvalue weighted by atomic mass is 9.81. The van der Waals surface area contributed by atoms with Crippen molar-refractivity contribution in [3.8, 4) is 0 Å². The summed E-state index contributed by atoms with van der Waals surface area (Å²) in [5, 5.41) is 6.32. The van der Waals surface area contributed by atoms with Crippen molar-refractivity contribution in [2.75, 3.05) is 46.3 Å². The third-order valence-corrected chi connectivity index (χ3v) is 8.90. The van der Waals surface area contributed by atoms with E-state index in [-0.39, 0.29) is 40.9 Å². The molecule has 33 heavy (non-hydrogen) atoms. The van der Waals surface area contributed by atoms with Gasteiger partial charge in [-0.2, -0.15) is 0 Å². The SMILES string of the molecule is CN1CCN(CCCNC(=O)[C@H]2[C@H](C(=O)NCc3ccc(Br)cc3)[C@@H]3C=C[C@H]2C32CC2)CC1. The van der Waals surface area contributed by atoms with Crippen molar-refractivity contribution in [2.24, 2.45) is 29.1 Å². The molecule has 2 saturated carbocycles. The van der Waals surface area contributed by atoms with E-state index in [0.717, 1.165) is 62.0 Å². The molecule has 1 aromatic rings. The maximum Gasteiger partial charge on any atom is 0.224 e. The van der Waals surface area contributed by atoms with Gasteiger partial charge in [0.25, 0.3) is 0 Å². The van der Waals surface area contributed by atoms with Crippen LogP contribution >= 0.6 is 15.9 Å². The second kappa shape index (κ2) is 9.51. The molecule has 0 aromatic heterocycles. The quantitative estimate of drug-likeness (QED) is 0.413. The number of hydrogen-bond donors (Lipinski definition) is 2. The number of allylic oxidation sites excluding steroid dienone is 2. The Hall–Kier alpha value is -1.70. The number of nitrogens with zero attached hydrogens (tertiary/aromatic N) is 2. The molecular weight excluding hydrogens is 480 g/mol. The van der Waals surface area contributed by atoms with Gasteiger partial charge in [-0.3, -0.25) is 9.59 Å². The highest BCUT2D eigenvalue weighted by molar-refractivity contribution is 9.10. The molecule has 5 rings (SSSR count). The fraction of sp³-hybridized carbons (Fsp3) is 0.615. The van der Waals surface area contributed by atoms with Gasteiger partial charge < -0.3 is 20.4 Å². The van der Waals surface area contributed by atoms with E-state index in [9.17, 15) is 9.59 Å². The molecule has 7 heteroatoms. The van der Waals surface area contributed by atoms with Crippen LogP contribution in [0.3, 0.4) is 0 Å². The Kier molecular flexibility index (Phi) is 6.65. The molecule has 4 atom stereocenters. The highest BCUT2D eigenvalue weighted by atomic mass is 79.9. The highest BCUT2D eigenvalue weighted by Crippen LogP contribution is 2.72. The van der Waals surface area contributed by atoms with Crippen molar-refractivity contribution >= 4 is 27.7 Å². The minimum atomic E-state index is -0.254. The van der Waals surface area contributed by atoms with Crippen molar-refractivity contribution < 1.29 is 9.59 Å². The molecule has 1 saturated heterocycles. The third kappa shape index (κ3) is 4.64. The zero-order chi connectivity index (χ0) is 23.0. The van der Waals surface area contributed by atoms with E-state index in [0.29, 0.717) is 13.1 Å². The van der Waals surface area contributed by atoms with E-state index >= 15 is 0 Å². The van der Waals surface area contributed by atoms with Crippen LogP contribution in [0.25, 0.3) is 0 Å². The third-order valence-electron chi connectivity index (χ3n) is 8.37. The molecule has 3 fully saturated rings. The van der Waals surface area contributed by atoms with Gasteiger partial charge >= 0.3 is 0 Å². The Morgan fingerprint density at radius 1 is 0.970 bits per heavy atom. The fourth-order valence-corrected chi connectivity index (χ4v) is 6.59. The van der Waals surface area contributed by atoms with E-state index in [1.54, 1.807) is 0 Å². The summed E-state index contributed by atoms with van der Waals surface area (Å²) in [4.78, 5) is 31.5. The van der Waals surface area contributed by atoms with Crippen LogP contribution in [0.5, 0.6) is 0 Å². The minimum absolute atomic E-state index is 0.0265. The number of carbonyl (C=O) groups excluding carboxylic acids is 2. The molecule has 3 aliphatic carbocycles. The molecule has 0 radical (unpaired) electrons. The molecule has 0 unspecified atom stereocenters. The van der Waals surface area contributed by atoms with Crippen LogP contribution in [0.15, 0.2) is 40.9 Å². The van der Waals surface area contributed by atoms with Crippen LogP contribution in [0.2, 0.25) is 0 Å². The van der Waals surface area contributed by atoms with Gasteiger partial charge in [0.1, 0.15) is 0 Å². The molecule has 2 N–H and O–H groups in total. The molecule has 1 aliphatic heterocycles. The van der Waals surface area contributed by atoms with E-state index in [1.165, 1.54) is 0 Å². The van der Waals surface area contributed by atoms with E-state index < -0.39 is 0 Å². The van der Waals surface area contributed by atoms with Gasteiger partial charge in [-0.05, 0) is 67.8 Å². The Bertz CT molecular complexity index is 905. The van der Waals surface area contributed by atoms with Crippen LogP contribution in [0.4, 0.5) is 0 Å². The predicted octanol–water partition coefficient (Wildman–Crippen LogP) is 2.65. The number of carbonyl (C=O) groups is 2. The average Bonchev–Trinajstić information content (AvgIpc) is 3.49. The van der Waals surface area contributed by atoms with E-state index in [1.807, 2.05) is 24.3 Å². The first-order valence-corrected chi connectivity index (χ1v) is 13.2. The van der Waals surface area contributed by atoms with Crippen LogP contribution in [0.1, 0.15) is 24.8 Å². The lowest BCUT2D eigenvalue weighted by molar-refractivity contribution is -0.135. The Morgan fingerprint density at radius 3 is 2.18 bits per heavy atom. The van der Waals surface area contributed by atoms with Gasteiger partial charge in [0.05, 0.1) is 11.8 Å². The molecule has 2 bridgehead atoms. The number of nitrogens with one attached hydrogen (secondary N) is 2. The topological polar surface area (TPSA) is 64.7 Å². The maximum atomic E-state index is 13.3. The smallest absolute Gasteiger partial charge is 0.224 e. The molecule has 4 aliphatic rings. The van der Waals surface area contributed by atoms with Gasteiger partial charge in [-0.15, -0.1) is 0 Å². The van der Waals surface area contributed by atoms with Crippen molar-refractivity contribution in [1.82, 2.24) is 20.4 Å². The van der Waals surface area contributed by atoms with E-state index in [4.69, 9.17) is 0 Å². The normalized spacial score (nSPS) is 30.0. The van der Waals surface area contributed by atoms with E-state index in [2.05, 4.69) is 55.6 Å². The molecule has 178 valence electrons. The second-order valence-corrected chi connectivity index (χ2v) is 11.3. The molecular formula is C26H35BrN4O2. The summed E-state index contributed by atoms with van der Waals surface area (Å²) < 4.78 is 1.02. The molecule has 2 amide bonds. The number of rotatable bonds is 8. The van der Waals surface area contributed by atoms with Gasteiger partial charge in [-0.25, -0.2) is 0 Å². The number of halogens is 1. The lowest BCUT2D eigenvalue weighted by Gasteiger charge is -2.32. The van der Waals surface area contributed by atoms with Gasteiger partial charge in [-0.1, -0.05) is 40.2 Å². The first-order valence-electron chi connectivity index (χ1n) is 12.4. The molecule has 1 heterocycles. The van der Waals surface area contributed by atoms with Gasteiger partial charge in [0.15, 0.2) is 0 Å². The van der Waals surface area contributed by atoms with Crippen LogP contribution in [-0.2, 0) is 16.1 Å².